The molecule has 0 amide bonds. The molecule has 1 saturated heterocycles. The van der Waals surface area contributed by atoms with Crippen LogP contribution in [-0.2, 0) is 4.79 Å². The monoisotopic (exact) mass is 205 g/mol. The first-order valence-corrected chi connectivity index (χ1v) is 5.12. The SMILES string of the molecule is COc1ccc(C)cc1N1CCC(=O)C1. The molecular weight excluding hydrogens is 190 g/mol. The first-order chi connectivity index (χ1) is 7.20. The van der Waals surface area contributed by atoms with Crippen LogP contribution in [0.5, 0.6) is 5.75 Å². The summed E-state index contributed by atoms with van der Waals surface area (Å²) in [5.74, 6) is 1.15. The van der Waals surface area contributed by atoms with Crippen LogP contribution >= 0.6 is 0 Å². The van der Waals surface area contributed by atoms with Crippen LogP contribution < -0.4 is 9.64 Å². The van der Waals surface area contributed by atoms with Crippen molar-refractivity contribution in [3.8, 4) is 5.75 Å². The standard InChI is InChI=1S/C12H15NO2/c1-9-3-4-12(15-2)11(7-9)13-6-5-10(14)8-13/h3-4,7H,5-6,8H2,1-2H3. The summed E-state index contributed by atoms with van der Waals surface area (Å²) in [5, 5.41) is 0. The highest BCUT2D eigenvalue weighted by Crippen LogP contribution is 2.30. The predicted octanol–water partition coefficient (Wildman–Crippen LogP) is 1.78. The Morgan fingerprint density at radius 1 is 1.40 bits per heavy atom. The molecule has 0 saturated carbocycles. The molecule has 0 bridgehead atoms. The van der Waals surface area contributed by atoms with E-state index < -0.39 is 0 Å². The zero-order valence-corrected chi connectivity index (χ0v) is 9.12. The summed E-state index contributed by atoms with van der Waals surface area (Å²) in [6, 6.07) is 6.03. The number of carbonyl (C=O) groups excluding carboxylic acids is 1. The van der Waals surface area contributed by atoms with E-state index in [4.69, 9.17) is 4.74 Å². The van der Waals surface area contributed by atoms with Crippen molar-refractivity contribution < 1.29 is 9.53 Å². The van der Waals surface area contributed by atoms with Crippen molar-refractivity contribution in [2.24, 2.45) is 0 Å². The molecule has 1 aliphatic rings. The van der Waals surface area contributed by atoms with Gasteiger partial charge in [0.2, 0.25) is 0 Å². The smallest absolute Gasteiger partial charge is 0.153 e. The summed E-state index contributed by atoms with van der Waals surface area (Å²) in [5.41, 5.74) is 2.22. The Bertz CT molecular complexity index is 387. The molecular formula is C12H15NO2. The highest BCUT2D eigenvalue weighted by atomic mass is 16.5. The van der Waals surface area contributed by atoms with E-state index in [-0.39, 0.29) is 0 Å². The molecule has 0 spiro atoms. The number of hydrogen-bond acceptors (Lipinski definition) is 3. The maximum Gasteiger partial charge on any atom is 0.153 e. The highest BCUT2D eigenvalue weighted by molar-refractivity contribution is 5.87. The number of nitrogens with zero attached hydrogens (tertiary/aromatic N) is 1. The van der Waals surface area contributed by atoms with Crippen LogP contribution in [0.3, 0.4) is 0 Å². The van der Waals surface area contributed by atoms with E-state index >= 15 is 0 Å². The summed E-state index contributed by atoms with van der Waals surface area (Å²) in [6.07, 6.45) is 0.650. The lowest BCUT2D eigenvalue weighted by molar-refractivity contribution is -0.116. The predicted molar refractivity (Wildman–Crippen MR) is 59.6 cm³/mol. The van der Waals surface area contributed by atoms with E-state index in [0.29, 0.717) is 18.7 Å². The van der Waals surface area contributed by atoms with Crippen molar-refractivity contribution in [3.05, 3.63) is 23.8 Å². The molecule has 1 aromatic carbocycles. The first-order valence-electron chi connectivity index (χ1n) is 5.12. The first kappa shape index (κ1) is 10.0. The van der Waals surface area contributed by atoms with Crippen LogP contribution in [0.4, 0.5) is 5.69 Å². The van der Waals surface area contributed by atoms with Gasteiger partial charge in [-0.2, -0.15) is 0 Å². The minimum atomic E-state index is 0.304. The largest absolute Gasteiger partial charge is 0.495 e. The van der Waals surface area contributed by atoms with E-state index in [2.05, 4.69) is 11.0 Å². The van der Waals surface area contributed by atoms with Crippen molar-refractivity contribution in [3.63, 3.8) is 0 Å². The third-order valence-electron chi connectivity index (χ3n) is 2.70. The number of hydrogen-bond donors (Lipinski definition) is 0. The molecule has 0 N–H and O–H groups in total. The number of Topliss-reactive ketones (excluding diaryl/α,β-unsaturated/α-hetero) is 1. The van der Waals surface area contributed by atoms with Gasteiger partial charge in [-0.05, 0) is 24.6 Å². The van der Waals surface area contributed by atoms with Gasteiger partial charge in [-0.3, -0.25) is 4.79 Å². The number of carbonyl (C=O) groups is 1. The number of benzene rings is 1. The second-order valence-corrected chi connectivity index (χ2v) is 3.89. The molecule has 1 heterocycles. The van der Waals surface area contributed by atoms with Gasteiger partial charge in [0, 0.05) is 13.0 Å². The Morgan fingerprint density at radius 2 is 2.20 bits per heavy atom. The summed E-state index contributed by atoms with van der Waals surface area (Å²) in [7, 11) is 1.66. The maximum absolute atomic E-state index is 11.2. The molecule has 1 aromatic rings. The summed E-state index contributed by atoms with van der Waals surface area (Å²) in [6.45, 7) is 3.36. The van der Waals surface area contributed by atoms with Crippen molar-refractivity contribution in [1.29, 1.82) is 0 Å². The zero-order valence-electron chi connectivity index (χ0n) is 9.12. The molecule has 0 atom stereocenters. The van der Waals surface area contributed by atoms with Crippen LogP contribution in [0.1, 0.15) is 12.0 Å². The fourth-order valence-electron chi connectivity index (χ4n) is 1.88. The number of methoxy groups -OCH3 is 1. The summed E-state index contributed by atoms with van der Waals surface area (Å²) < 4.78 is 5.30. The molecule has 0 radical (unpaired) electrons. The molecule has 1 aliphatic heterocycles. The Hall–Kier alpha value is -1.51. The van der Waals surface area contributed by atoms with E-state index in [1.165, 1.54) is 5.56 Å². The Balaban J connectivity index is 2.33. The zero-order chi connectivity index (χ0) is 10.8. The number of ketones is 1. The van der Waals surface area contributed by atoms with E-state index in [9.17, 15) is 4.79 Å². The Morgan fingerprint density at radius 3 is 2.80 bits per heavy atom. The lowest BCUT2D eigenvalue weighted by atomic mass is 10.2. The summed E-state index contributed by atoms with van der Waals surface area (Å²) in [4.78, 5) is 13.3. The van der Waals surface area contributed by atoms with Crippen LogP contribution in [0.15, 0.2) is 18.2 Å². The van der Waals surface area contributed by atoms with Crippen LogP contribution in [-0.4, -0.2) is 26.0 Å². The van der Waals surface area contributed by atoms with Gasteiger partial charge in [0.05, 0.1) is 19.3 Å². The van der Waals surface area contributed by atoms with Gasteiger partial charge in [0.1, 0.15) is 5.75 Å². The Labute approximate surface area is 89.7 Å². The molecule has 15 heavy (non-hydrogen) atoms. The van der Waals surface area contributed by atoms with Crippen LogP contribution in [0.2, 0.25) is 0 Å². The number of rotatable bonds is 2. The minimum absolute atomic E-state index is 0.304. The quantitative estimate of drug-likeness (QED) is 0.737. The van der Waals surface area contributed by atoms with E-state index in [0.717, 1.165) is 18.0 Å². The molecule has 0 unspecified atom stereocenters. The van der Waals surface area contributed by atoms with Gasteiger partial charge < -0.3 is 9.64 Å². The number of aryl methyl sites for hydroxylation is 1. The second kappa shape index (κ2) is 3.93. The maximum atomic E-state index is 11.2. The van der Waals surface area contributed by atoms with Crippen LogP contribution in [0, 0.1) is 6.92 Å². The normalized spacial score (nSPS) is 15.9. The van der Waals surface area contributed by atoms with E-state index in [1.807, 2.05) is 19.1 Å². The summed E-state index contributed by atoms with van der Waals surface area (Å²) >= 11 is 0. The fraction of sp³-hybridized carbons (Fsp3) is 0.417. The van der Waals surface area contributed by atoms with Crippen LogP contribution in [0.25, 0.3) is 0 Å². The minimum Gasteiger partial charge on any atom is -0.495 e. The van der Waals surface area contributed by atoms with Gasteiger partial charge >= 0.3 is 0 Å². The molecule has 0 aliphatic carbocycles. The van der Waals surface area contributed by atoms with E-state index in [1.54, 1.807) is 7.11 Å². The Kier molecular flexibility index (Phi) is 2.62. The number of anilines is 1. The van der Waals surface area contributed by atoms with Gasteiger partial charge in [-0.1, -0.05) is 6.07 Å². The fourth-order valence-corrected chi connectivity index (χ4v) is 1.88. The lowest BCUT2D eigenvalue weighted by Gasteiger charge is -2.20. The average Bonchev–Trinajstić information content (AvgIpc) is 2.65. The van der Waals surface area contributed by atoms with Gasteiger partial charge in [-0.15, -0.1) is 0 Å². The lowest BCUT2D eigenvalue weighted by Crippen LogP contribution is -2.20. The average molecular weight is 205 g/mol. The van der Waals surface area contributed by atoms with Gasteiger partial charge in [-0.25, -0.2) is 0 Å². The molecule has 1 fully saturated rings. The molecule has 0 aromatic heterocycles. The highest BCUT2D eigenvalue weighted by Gasteiger charge is 2.21. The second-order valence-electron chi connectivity index (χ2n) is 3.89. The van der Waals surface area contributed by atoms with Crippen molar-refractivity contribution in [1.82, 2.24) is 0 Å². The molecule has 2 rings (SSSR count). The number of ether oxygens (including phenoxy) is 1. The van der Waals surface area contributed by atoms with Crippen molar-refractivity contribution >= 4 is 11.5 Å². The molecule has 80 valence electrons. The third kappa shape index (κ3) is 1.96. The molecule has 3 heteroatoms. The van der Waals surface area contributed by atoms with Crippen molar-refractivity contribution in [2.45, 2.75) is 13.3 Å². The molecule has 3 nitrogen and oxygen atoms in total. The topological polar surface area (TPSA) is 29.5 Å². The van der Waals surface area contributed by atoms with Gasteiger partial charge in [0.25, 0.3) is 0 Å². The third-order valence-corrected chi connectivity index (χ3v) is 2.70. The van der Waals surface area contributed by atoms with Crippen molar-refractivity contribution in [2.75, 3.05) is 25.1 Å². The van der Waals surface area contributed by atoms with Gasteiger partial charge in [0.15, 0.2) is 5.78 Å².